The molecule has 0 saturated carbocycles. The predicted octanol–water partition coefficient (Wildman–Crippen LogP) is 3.07. The van der Waals surface area contributed by atoms with Crippen molar-refractivity contribution in [1.82, 2.24) is 9.55 Å². The van der Waals surface area contributed by atoms with E-state index in [1.165, 1.54) is 11.1 Å². The Labute approximate surface area is 121 Å². The molecule has 1 aliphatic carbocycles. The third-order valence-corrected chi connectivity index (χ3v) is 4.26. The molecule has 0 fully saturated rings. The molecule has 1 heterocycles. The van der Waals surface area contributed by atoms with Gasteiger partial charge in [-0.25, -0.2) is 9.78 Å². The number of nitrogens with zero attached hydrogens (tertiary/aromatic N) is 2. The first-order chi connectivity index (χ1) is 10.2. The zero-order valence-corrected chi connectivity index (χ0v) is 11.4. The minimum absolute atomic E-state index is 0.264. The van der Waals surface area contributed by atoms with Gasteiger partial charge in [-0.1, -0.05) is 30.3 Å². The van der Waals surface area contributed by atoms with Crippen molar-refractivity contribution >= 4 is 17.0 Å². The lowest BCUT2D eigenvalue weighted by Crippen LogP contribution is -2.21. The molecule has 1 N–H and O–H groups in total. The molecule has 2 aromatic carbocycles. The van der Waals surface area contributed by atoms with Gasteiger partial charge in [0.05, 0.1) is 17.4 Å². The number of hydrogen-bond donors (Lipinski definition) is 1. The molecule has 3 aromatic rings. The second-order valence-corrected chi connectivity index (χ2v) is 5.48. The number of carboxylic acid groups (broad SMARTS) is 1. The van der Waals surface area contributed by atoms with E-state index in [1.54, 1.807) is 18.5 Å². The second-order valence-electron chi connectivity index (χ2n) is 5.48. The molecule has 1 aromatic heterocycles. The largest absolute Gasteiger partial charge is 0.478 e. The van der Waals surface area contributed by atoms with Crippen LogP contribution < -0.4 is 0 Å². The van der Waals surface area contributed by atoms with Crippen molar-refractivity contribution in [3.05, 3.63) is 65.5 Å². The van der Waals surface area contributed by atoms with Crippen molar-refractivity contribution in [2.75, 3.05) is 0 Å². The Kier molecular flexibility index (Phi) is 2.57. The van der Waals surface area contributed by atoms with Crippen molar-refractivity contribution in [3.63, 3.8) is 0 Å². The number of fused-ring (bicyclic) bond motifs is 2. The van der Waals surface area contributed by atoms with Gasteiger partial charge in [0.2, 0.25) is 0 Å². The molecule has 104 valence electrons. The number of rotatable bonds is 3. The Morgan fingerprint density at radius 1 is 1.24 bits per heavy atom. The van der Waals surface area contributed by atoms with Crippen LogP contribution >= 0.6 is 0 Å². The normalized spacial score (nSPS) is 16.5. The van der Waals surface area contributed by atoms with Gasteiger partial charge in [-0.15, -0.1) is 0 Å². The zero-order chi connectivity index (χ0) is 14.4. The maximum atomic E-state index is 11.2. The van der Waals surface area contributed by atoms with Crippen LogP contribution in [-0.4, -0.2) is 20.6 Å². The Balaban J connectivity index is 1.70. The number of carbonyl (C=O) groups is 1. The summed E-state index contributed by atoms with van der Waals surface area (Å²) in [6, 6.07) is 13.8. The number of benzene rings is 2. The van der Waals surface area contributed by atoms with Crippen LogP contribution in [0.4, 0.5) is 0 Å². The maximum Gasteiger partial charge on any atom is 0.337 e. The Bertz CT molecular complexity index is 851. The molecular weight excluding hydrogens is 264 g/mol. The van der Waals surface area contributed by atoms with Crippen molar-refractivity contribution in [2.45, 2.75) is 18.9 Å². The lowest BCUT2D eigenvalue weighted by molar-refractivity contribution is 0.0699. The SMILES string of the molecule is O=C(O)c1cccc2c1ncn2CC1Cc2ccccc21. The summed E-state index contributed by atoms with van der Waals surface area (Å²) in [5.74, 6) is -0.438. The molecule has 21 heavy (non-hydrogen) atoms. The van der Waals surface area contributed by atoms with Crippen LogP contribution in [0.3, 0.4) is 0 Å². The van der Waals surface area contributed by atoms with Gasteiger partial charge in [-0.3, -0.25) is 0 Å². The van der Waals surface area contributed by atoms with Crippen LogP contribution in [0, 0.1) is 0 Å². The van der Waals surface area contributed by atoms with Gasteiger partial charge in [0.25, 0.3) is 0 Å². The molecule has 4 heteroatoms. The van der Waals surface area contributed by atoms with Gasteiger partial charge in [0.1, 0.15) is 5.52 Å². The summed E-state index contributed by atoms with van der Waals surface area (Å²) < 4.78 is 2.06. The molecule has 0 amide bonds. The monoisotopic (exact) mass is 278 g/mol. The van der Waals surface area contributed by atoms with E-state index in [0.29, 0.717) is 11.4 Å². The Morgan fingerprint density at radius 2 is 2.10 bits per heavy atom. The Morgan fingerprint density at radius 3 is 2.90 bits per heavy atom. The highest BCUT2D eigenvalue weighted by atomic mass is 16.4. The van der Waals surface area contributed by atoms with Crippen molar-refractivity contribution in [3.8, 4) is 0 Å². The first kappa shape index (κ1) is 12.1. The molecule has 0 spiro atoms. The maximum absolute atomic E-state index is 11.2. The zero-order valence-electron chi connectivity index (χ0n) is 11.4. The highest BCUT2D eigenvalue weighted by molar-refractivity contribution is 6.00. The third kappa shape index (κ3) is 1.83. The number of para-hydroxylation sites is 1. The summed E-state index contributed by atoms with van der Waals surface area (Å²) >= 11 is 0. The van der Waals surface area contributed by atoms with Gasteiger partial charge in [0.15, 0.2) is 0 Å². The lowest BCUT2D eigenvalue weighted by Gasteiger charge is -2.30. The number of imidazole rings is 1. The van der Waals surface area contributed by atoms with E-state index >= 15 is 0 Å². The fourth-order valence-electron chi connectivity index (χ4n) is 3.17. The summed E-state index contributed by atoms with van der Waals surface area (Å²) in [6.45, 7) is 0.844. The third-order valence-electron chi connectivity index (χ3n) is 4.26. The second kappa shape index (κ2) is 4.45. The molecule has 0 radical (unpaired) electrons. The summed E-state index contributed by atoms with van der Waals surface area (Å²) in [6.07, 6.45) is 2.83. The average molecular weight is 278 g/mol. The quantitative estimate of drug-likeness (QED) is 0.801. The number of carboxylic acids is 1. The summed E-state index contributed by atoms with van der Waals surface area (Å²) in [4.78, 5) is 15.5. The average Bonchev–Trinajstić information content (AvgIpc) is 2.87. The molecule has 1 atom stereocenters. The van der Waals surface area contributed by atoms with Crippen LogP contribution in [0.25, 0.3) is 11.0 Å². The van der Waals surface area contributed by atoms with Crippen molar-refractivity contribution in [2.24, 2.45) is 0 Å². The summed E-state index contributed by atoms with van der Waals surface area (Å²) in [7, 11) is 0. The molecule has 0 saturated heterocycles. The fraction of sp³-hybridized carbons (Fsp3) is 0.176. The molecule has 0 aliphatic heterocycles. The van der Waals surface area contributed by atoms with Crippen LogP contribution in [0.1, 0.15) is 27.4 Å². The topological polar surface area (TPSA) is 55.1 Å². The van der Waals surface area contributed by atoms with E-state index in [0.717, 1.165) is 18.5 Å². The van der Waals surface area contributed by atoms with Crippen LogP contribution in [0.5, 0.6) is 0 Å². The van der Waals surface area contributed by atoms with E-state index in [9.17, 15) is 9.90 Å². The van der Waals surface area contributed by atoms with Gasteiger partial charge < -0.3 is 9.67 Å². The van der Waals surface area contributed by atoms with Crippen LogP contribution in [0.15, 0.2) is 48.8 Å². The number of hydrogen-bond acceptors (Lipinski definition) is 2. The smallest absolute Gasteiger partial charge is 0.337 e. The van der Waals surface area contributed by atoms with Crippen LogP contribution in [0.2, 0.25) is 0 Å². The van der Waals surface area contributed by atoms with E-state index in [1.807, 2.05) is 6.07 Å². The van der Waals surface area contributed by atoms with Crippen molar-refractivity contribution in [1.29, 1.82) is 0 Å². The summed E-state index contributed by atoms with van der Waals surface area (Å²) in [5, 5.41) is 9.21. The van der Waals surface area contributed by atoms with E-state index in [4.69, 9.17) is 0 Å². The van der Waals surface area contributed by atoms with Gasteiger partial charge >= 0.3 is 5.97 Å². The van der Waals surface area contributed by atoms with Gasteiger partial charge in [-0.2, -0.15) is 0 Å². The molecule has 1 unspecified atom stereocenters. The van der Waals surface area contributed by atoms with E-state index in [-0.39, 0.29) is 5.56 Å². The molecule has 4 nitrogen and oxygen atoms in total. The number of aromatic nitrogens is 2. The standard InChI is InChI=1S/C17H14N2O2/c20-17(21)14-6-3-7-15-16(14)18-10-19(15)9-12-8-11-4-1-2-5-13(11)12/h1-7,10,12H,8-9H2,(H,20,21). The predicted molar refractivity (Wildman–Crippen MR) is 79.6 cm³/mol. The first-order valence-corrected chi connectivity index (χ1v) is 6.99. The molecule has 1 aliphatic rings. The van der Waals surface area contributed by atoms with Gasteiger partial charge in [-0.05, 0) is 29.7 Å². The minimum Gasteiger partial charge on any atom is -0.478 e. The summed E-state index contributed by atoms with van der Waals surface area (Å²) in [5.41, 5.74) is 4.53. The first-order valence-electron chi connectivity index (χ1n) is 6.99. The Hall–Kier alpha value is -2.62. The van der Waals surface area contributed by atoms with E-state index in [2.05, 4.69) is 33.8 Å². The van der Waals surface area contributed by atoms with Crippen LogP contribution in [-0.2, 0) is 13.0 Å². The number of aromatic carboxylic acids is 1. The van der Waals surface area contributed by atoms with Crippen molar-refractivity contribution < 1.29 is 9.90 Å². The molecular formula is C17H14N2O2. The highest BCUT2D eigenvalue weighted by Gasteiger charge is 2.26. The highest BCUT2D eigenvalue weighted by Crippen LogP contribution is 2.36. The minimum atomic E-state index is -0.931. The lowest BCUT2D eigenvalue weighted by atomic mass is 9.77. The molecule has 0 bridgehead atoms. The molecule has 4 rings (SSSR count). The fourth-order valence-corrected chi connectivity index (χ4v) is 3.17. The van der Waals surface area contributed by atoms with Gasteiger partial charge in [0, 0.05) is 12.5 Å². The van der Waals surface area contributed by atoms with E-state index < -0.39 is 5.97 Å².